The number of nitrogens with zero attached hydrogens (tertiary/aromatic N) is 1. The molecule has 1 fully saturated rings. The van der Waals surface area contributed by atoms with Gasteiger partial charge in [-0.2, -0.15) is 0 Å². The van der Waals surface area contributed by atoms with Crippen LogP contribution in [-0.4, -0.2) is 47.0 Å². The van der Waals surface area contributed by atoms with Crippen LogP contribution in [0.25, 0.3) is 0 Å². The molecule has 0 radical (unpaired) electrons. The lowest BCUT2D eigenvalue weighted by atomic mass is 10.1. The molecule has 1 aliphatic heterocycles. The van der Waals surface area contributed by atoms with Crippen molar-refractivity contribution in [2.24, 2.45) is 0 Å². The largest absolute Gasteiger partial charge is 0.368 e. The van der Waals surface area contributed by atoms with E-state index in [0.717, 1.165) is 50.3 Å². The van der Waals surface area contributed by atoms with Crippen molar-refractivity contribution in [2.45, 2.75) is 31.6 Å². The van der Waals surface area contributed by atoms with Gasteiger partial charge in [0.1, 0.15) is 0 Å². The summed E-state index contributed by atoms with van der Waals surface area (Å²) in [6.07, 6.45) is 1.67. The molecule has 1 amide bonds. The predicted molar refractivity (Wildman–Crippen MR) is 121 cm³/mol. The minimum atomic E-state index is -3.74. The Morgan fingerprint density at radius 3 is 2.40 bits per heavy atom. The summed E-state index contributed by atoms with van der Waals surface area (Å²) < 4.78 is 28.2. The Morgan fingerprint density at radius 1 is 1.07 bits per heavy atom. The van der Waals surface area contributed by atoms with Crippen molar-refractivity contribution in [1.82, 2.24) is 10.6 Å². The van der Waals surface area contributed by atoms with Crippen molar-refractivity contribution < 1.29 is 13.2 Å². The zero-order valence-electron chi connectivity index (χ0n) is 17.6. The summed E-state index contributed by atoms with van der Waals surface area (Å²) in [7, 11) is -3.74. The maximum Gasteiger partial charge on any atom is 0.261 e. The first-order valence-corrected chi connectivity index (χ1v) is 11.9. The number of benzene rings is 2. The van der Waals surface area contributed by atoms with E-state index in [2.05, 4.69) is 20.3 Å². The number of aryl methyl sites for hydroxylation is 1. The molecule has 3 N–H and O–H groups in total. The van der Waals surface area contributed by atoms with E-state index in [9.17, 15) is 13.2 Å². The SMILES string of the molecule is CCCNC(=O)c1cc(NS(=O)(=O)c2ccc(CC)cc2)ccc1N1CCNCC1. The Morgan fingerprint density at radius 2 is 1.77 bits per heavy atom. The molecular weight excluding hydrogens is 400 g/mol. The van der Waals surface area contributed by atoms with E-state index in [-0.39, 0.29) is 10.8 Å². The van der Waals surface area contributed by atoms with Gasteiger partial charge in [0, 0.05) is 44.1 Å². The summed E-state index contributed by atoms with van der Waals surface area (Å²) in [5.41, 5.74) is 2.74. The smallest absolute Gasteiger partial charge is 0.261 e. The summed E-state index contributed by atoms with van der Waals surface area (Å²) in [6, 6.07) is 12.0. The molecule has 0 atom stereocenters. The fraction of sp³-hybridized carbons (Fsp3) is 0.409. The molecule has 8 heteroatoms. The lowest BCUT2D eigenvalue weighted by molar-refractivity contribution is 0.0954. The van der Waals surface area contributed by atoms with Crippen LogP contribution in [0.1, 0.15) is 36.2 Å². The fourth-order valence-corrected chi connectivity index (χ4v) is 4.46. The molecule has 30 heavy (non-hydrogen) atoms. The lowest BCUT2D eigenvalue weighted by Crippen LogP contribution is -2.44. The molecule has 0 unspecified atom stereocenters. The Balaban J connectivity index is 1.89. The number of rotatable bonds is 8. The van der Waals surface area contributed by atoms with Crippen molar-refractivity contribution >= 4 is 27.3 Å². The molecule has 7 nitrogen and oxygen atoms in total. The van der Waals surface area contributed by atoms with Crippen LogP contribution in [0, 0.1) is 0 Å². The van der Waals surface area contributed by atoms with Gasteiger partial charge in [-0.15, -0.1) is 0 Å². The first-order valence-electron chi connectivity index (χ1n) is 10.4. The lowest BCUT2D eigenvalue weighted by Gasteiger charge is -2.31. The maximum atomic E-state index is 12.8. The van der Waals surface area contributed by atoms with Crippen molar-refractivity contribution in [2.75, 3.05) is 42.3 Å². The Hall–Kier alpha value is -2.58. The Labute approximate surface area is 178 Å². The summed E-state index contributed by atoms with van der Waals surface area (Å²) in [5, 5.41) is 6.21. The van der Waals surface area contributed by atoms with Gasteiger partial charge in [0.2, 0.25) is 0 Å². The van der Waals surface area contributed by atoms with Gasteiger partial charge in [-0.25, -0.2) is 8.42 Å². The van der Waals surface area contributed by atoms with Crippen LogP contribution in [0.4, 0.5) is 11.4 Å². The molecule has 162 valence electrons. The van der Waals surface area contributed by atoms with Crippen molar-refractivity contribution in [1.29, 1.82) is 0 Å². The van der Waals surface area contributed by atoms with E-state index in [1.165, 1.54) is 0 Å². The molecule has 2 aromatic carbocycles. The van der Waals surface area contributed by atoms with Gasteiger partial charge in [-0.3, -0.25) is 9.52 Å². The Bertz CT molecular complexity index is 968. The topological polar surface area (TPSA) is 90.5 Å². The highest BCUT2D eigenvalue weighted by atomic mass is 32.2. The molecule has 2 aromatic rings. The zero-order chi connectivity index (χ0) is 21.6. The molecule has 0 aliphatic carbocycles. The maximum absolute atomic E-state index is 12.8. The minimum Gasteiger partial charge on any atom is -0.368 e. The molecule has 1 saturated heterocycles. The van der Waals surface area contributed by atoms with Crippen molar-refractivity contribution in [3.63, 3.8) is 0 Å². The van der Waals surface area contributed by atoms with E-state index < -0.39 is 10.0 Å². The van der Waals surface area contributed by atoms with Gasteiger partial charge >= 0.3 is 0 Å². The summed E-state index contributed by atoms with van der Waals surface area (Å²) in [5.74, 6) is -0.196. The third kappa shape index (κ3) is 5.31. The van der Waals surface area contributed by atoms with Crippen molar-refractivity contribution in [3.05, 3.63) is 53.6 Å². The highest BCUT2D eigenvalue weighted by Crippen LogP contribution is 2.26. The third-order valence-corrected chi connectivity index (χ3v) is 6.53. The molecule has 1 heterocycles. The van der Waals surface area contributed by atoms with E-state index >= 15 is 0 Å². The molecule has 0 aromatic heterocycles. The molecule has 0 saturated carbocycles. The standard InChI is InChI=1S/C22H30N4O3S/c1-3-11-24-22(27)20-16-18(7-10-21(20)26-14-12-23-13-15-26)25-30(28,29)19-8-5-17(4-2)6-9-19/h5-10,16,23,25H,3-4,11-15H2,1-2H3,(H,24,27). The summed E-state index contributed by atoms with van der Waals surface area (Å²) >= 11 is 0. The number of amides is 1. The molecule has 3 rings (SSSR count). The van der Waals surface area contributed by atoms with Crippen molar-refractivity contribution in [3.8, 4) is 0 Å². The zero-order valence-corrected chi connectivity index (χ0v) is 18.4. The summed E-state index contributed by atoms with van der Waals surface area (Å²) in [6.45, 7) is 7.86. The normalized spacial score (nSPS) is 14.4. The first-order chi connectivity index (χ1) is 14.4. The van der Waals surface area contributed by atoms with Gasteiger partial charge in [0.05, 0.1) is 10.5 Å². The van der Waals surface area contributed by atoms with Crippen LogP contribution in [0.15, 0.2) is 47.4 Å². The number of carbonyl (C=O) groups excluding carboxylic acids is 1. The highest BCUT2D eigenvalue weighted by molar-refractivity contribution is 7.92. The van der Waals surface area contributed by atoms with Crippen LogP contribution in [0.5, 0.6) is 0 Å². The number of sulfonamides is 1. The van der Waals surface area contributed by atoms with E-state index in [1.54, 1.807) is 24.3 Å². The van der Waals surface area contributed by atoms with Crippen LogP contribution in [-0.2, 0) is 16.4 Å². The Kier molecular flexibility index (Phi) is 7.33. The monoisotopic (exact) mass is 430 g/mol. The number of nitrogens with one attached hydrogen (secondary N) is 3. The predicted octanol–water partition coefficient (Wildman–Crippen LogP) is 2.60. The van der Waals surface area contributed by atoms with Crippen LogP contribution >= 0.6 is 0 Å². The second kappa shape index (κ2) is 9.95. The van der Waals surface area contributed by atoms with Crippen LogP contribution in [0.2, 0.25) is 0 Å². The molecular formula is C22H30N4O3S. The minimum absolute atomic E-state index is 0.196. The van der Waals surface area contributed by atoms with Gasteiger partial charge in [0.25, 0.3) is 15.9 Å². The average molecular weight is 431 g/mol. The van der Waals surface area contributed by atoms with Gasteiger partial charge < -0.3 is 15.5 Å². The second-order valence-corrected chi connectivity index (χ2v) is 9.01. The van der Waals surface area contributed by atoms with Gasteiger partial charge in [-0.1, -0.05) is 26.0 Å². The highest BCUT2D eigenvalue weighted by Gasteiger charge is 2.21. The van der Waals surface area contributed by atoms with Gasteiger partial charge in [0.15, 0.2) is 0 Å². The second-order valence-electron chi connectivity index (χ2n) is 7.33. The molecule has 0 bridgehead atoms. The van der Waals surface area contributed by atoms with Crippen LogP contribution in [0.3, 0.4) is 0 Å². The van der Waals surface area contributed by atoms with E-state index in [0.29, 0.717) is 17.8 Å². The average Bonchev–Trinajstić information content (AvgIpc) is 2.77. The number of hydrogen-bond acceptors (Lipinski definition) is 5. The van der Waals surface area contributed by atoms with E-state index in [1.807, 2.05) is 32.0 Å². The number of anilines is 2. The number of piperazine rings is 1. The fourth-order valence-electron chi connectivity index (χ4n) is 3.42. The van der Waals surface area contributed by atoms with E-state index in [4.69, 9.17) is 0 Å². The first kappa shape index (κ1) is 22.1. The summed E-state index contributed by atoms with van der Waals surface area (Å²) in [4.78, 5) is 15.1. The quantitative estimate of drug-likeness (QED) is 0.599. The third-order valence-electron chi connectivity index (χ3n) is 5.13. The van der Waals surface area contributed by atoms with Gasteiger partial charge in [-0.05, 0) is 48.7 Å². The number of carbonyl (C=O) groups is 1. The van der Waals surface area contributed by atoms with Crippen LogP contribution < -0.4 is 20.3 Å². The number of hydrogen-bond donors (Lipinski definition) is 3. The molecule has 0 spiro atoms. The molecule has 1 aliphatic rings.